The average molecular weight is 354 g/mol. The number of aromatic nitrogens is 2. The van der Waals surface area contributed by atoms with Gasteiger partial charge in [-0.1, -0.05) is 43.8 Å². The Hall–Kier alpha value is -2.34. The number of carbonyl (C=O) groups is 1. The first-order valence-electron chi connectivity index (χ1n) is 8.11. The van der Waals surface area contributed by atoms with Gasteiger partial charge >= 0.3 is 0 Å². The van der Waals surface area contributed by atoms with Crippen LogP contribution in [0, 0.1) is 6.92 Å². The largest absolute Gasteiger partial charge is 0.384 e. The number of anilines is 2. The number of ketones is 1. The van der Waals surface area contributed by atoms with Crippen molar-refractivity contribution in [3.8, 4) is 0 Å². The molecule has 0 bridgehead atoms. The van der Waals surface area contributed by atoms with Crippen LogP contribution in [0.3, 0.4) is 0 Å². The average Bonchev–Trinajstić information content (AvgIpc) is 2.74. The number of thioether (sulfide) groups is 1. The molecular formula is C19H22N4OS. The van der Waals surface area contributed by atoms with Crippen LogP contribution >= 0.6 is 11.8 Å². The second-order valence-corrected chi connectivity index (χ2v) is 7.64. The number of benzene rings is 1. The molecule has 2 N–H and O–H groups in total. The molecule has 2 heterocycles. The van der Waals surface area contributed by atoms with Crippen LogP contribution < -0.4 is 10.6 Å². The van der Waals surface area contributed by atoms with Crippen molar-refractivity contribution in [3.05, 3.63) is 53.4 Å². The summed E-state index contributed by atoms with van der Waals surface area (Å²) in [6, 6.07) is 9.97. The first-order chi connectivity index (χ1) is 11.8. The van der Waals surface area contributed by atoms with Crippen molar-refractivity contribution < 1.29 is 4.79 Å². The van der Waals surface area contributed by atoms with Gasteiger partial charge in [0.25, 0.3) is 0 Å². The molecule has 0 spiro atoms. The molecule has 1 aromatic carbocycles. The number of nitrogen functional groups attached to an aromatic ring is 1. The lowest BCUT2D eigenvalue weighted by Crippen LogP contribution is -2.24. The number of nitrogens with two attached hydrogens (primary N) is 1. The zero-order valence-electron chi connectivity index (χ0n) is 14.9. The number of aryl methyl sites for hydroxylation is 1. The highest BCUT2D eigenvalue weighted by molar-refractivity contribution is 7.99. The van der Waals surface area contributed by atoms with Gasteiger partial charge < -0.3 is 10.6 Å². The first kappa shape index (κ1) is 17.5. The van der Waals surface area contributed by atoms with Gasteiger partial charge in [0.2, 0.25) is 0 Å². The Labute approximate surface area is 152 Å². The molecule has 0 aliphatic carbocycles. The summed E-state index contributed by atoms with van der Waals surface area (Å²) < 4.78 is 0. The molecule has 130 valence electrons. The molecule has 1 aliphatic rings. The van der Waals surface area contributed by atoms with Crippen LogP contribution in [0.5, 0.6) is 0 Å². The zero-order chi connectivity index (χ0) is 18.2. The third-order valence-corrected chi connectivity index (χ3v) is 5.30. The van der Waals surface area contributed by atoms with E-state index in [1.807, 2.05) is 26.1 Å². The summed E-state index contributed by atoms with van der Waals surface area (Å²) in [5.41, 5.74) is 9.72. The predicted octanol–water partition coefficient (Wildman–Crippen LogP) is 3.34. The molecule has 0 amide bonds. The fourth-order valence-corrected chi connectivity index (χ4v) is 3.95. The van der Waals surface area contributed by atoms with E-state index in [1.165, 1.54) is 17.3 Å². The van der Waals surface area contributed by atoms with E-state index in [0.717, 1.165) is 17.1 Å². The molecule has 0 fully saturated rings. The van der Waals surface area contributed by atoms with Crippen LogP contribution in [0.25, 0.3) is 0 Å². The van der Waals surface area contributed by atoms with Crippen LogP contribution in [0.1, 0.15) is 25.1 Å². The summed E-state index contributed by atoms with van der Waals surface area (Å²) in [5.74, 6) is 0.747. The molecule has 2 aromatic rings. The topological polar surface area (TPSA) is 72.1 Å². The summed E-state index contributed by atoms with van der Waals surface area (Å²) in [7, 11) is 2.00. The zero-order valence-corrected chi connectivity index (χ0v) is 15.7. The third kappa shape index (κ3) is 3.39. The molecule has 25 heavy (non-hydrogen) atoms. The highest BCUT2D eigenvalue weighted by Gasteiger charge is 2.38. The minimum Gasteiger partial charge on any atom is -0.384 e. The fraction of sp³-hybridized carbons (Fsp3) is 0.316. The van der Waals surface area contributed by atoms with Crippen molar-refractivity contribution in [1.82, 2.24) is 9.97 Å². The van der Waals surface area contributed by atoms with E-state index >= 15 is 0 Å². The minimum absolute atomic E-state index is 0.0383. The van der Waals surface area contributed by atoms with Crippen LogP contribution in [0.2, 0.25) is 0 Å². The smallest absolute Gasteiger partial charge is 0.190 e. The third-order valence-electron chi connectivity index (χ3n) is 4.44. The van der Waals surface area contributed by atoms with E-state index < -0.39 is 0 Å². The molecular weight excluding hydrogens is 332 g/mol. The van der Waals surface area contributed by atoms with Crippen LogP contribution in [-0.4, -0.2) is 28.6 Å². The molecule has 1 aromatic heterocycles. The van der Waals surface area contributed by atoms with E-state index in [2.05, 4.69) is 40.8 Å². The van der Waals surface area contributed by atoms with E-state index in [-0.39, 0.29) is 17.0 Å². The lowest BCUT2D eigenvalue weighted by molar-refractivity contribution is -0.112. The molecule has 6 heteroatoms. The van der Waals surface area contributed by atoms with Gasteiger partial charge in [-0.15, -0.1) is 0 Å². The van der Waals surface area contributed by atoms with Gasteiger partial charge in [-0.25, -0.2) is 9.97 Å². The standard InChI is InChI=1S/C19H22N4OS/c1-12-9-17(20)22-18(21-12)25-11-13(24)10-16-19(2,3)14-7-5-6-8-15(14)23(16)4/h5-10H,11H2,1-4H3,(H2,20,21,22)/b16-10+. The number of nitrogens with zero attached hydrogens (tertiary/aromatic N) is 3. The Balaban J connectivity index is 1.78. The predicted molar refractivity (Wildman–Crippen MR) is 103 cm³/mol. The quantitative estimate of drug-likeness (QED) is 0.516. The maximum atomic E-state index is 12.5. The maximum Gasteiger partial charge on any atom is 0.190 e. The Bertz CT molecular complexity index is 840. The van der Waals surface area contributed by atoms with Gasteiger partial charge in [0.15, 0.2) is 10.9 Å². The molecule has 1 aliphatic heterocycles. The van der Waals surface area contributed by atoms with Crippen LogP contribution in [0.15, 0.2) is 47.3 Å². The molecule has 3 rings (SSSR count). The highest BCUT2D eigenvalue weighted by atomic mass is 32.2. The second-order valence-electron chi connectivity index (χ2n) is 6.70. The Morgan fingerprint density at radius 3 is 2.72 bits per heavy atom. The van der Waals surface area contributed by atoms with Crippen LogP contribution in [-0.2, 0) is 10.2 Å². The van der Waals surface area contributed by atoms with Gasteiger partial charge in [0.1, 0.15) is 5.82 Å². The molecule has 0 saturated heterocycles. The molecule has 0 saturated carbocycles. The summed E-state index contributed by atoms with van der Waals surface area (Å²) in [4.78, 5) is 23.1. The lowest BCUT2D eigenvalue weighted by Gasteiger charge is -2.23. The number of hydrogen-bond acceptors (Lipinski definition) is 6. The Kier molecular flexibility index (Phi) is 4.56. The van der Waals surface area contributed by atoms with E-state index in [0.29, 0.717) is 11.0 Å². The fourth-order valence-electron chi connectivity index (χ4n) is 3.22. The summed E-state index contributed by atoms with van der Waals surface area (Å²) in [6.07, 6.45) is 1.74. The summed E-state index contributed by atoms with van der Waals surface area (Å²) in [6.45, 7) is 6.15. The summed E-state index contributed by atoms with van der Waals surface area (Å²) in [5, 5.41) is 0.534. The van der Waals surface area contributed by atoms with Crippen molar-refractivity contribution in [1.29, 1.82) is 0 Å². The van der Waals surface area contributed by atoms with Crippen molar-refractivity contribution in [2.45, 2.75) is 31.3 Å². The normalized spacial score (nSPS) is 17.0. The Morgan fingerprint density at radius 2 is 2.04 bits per heavy atom. The van der Waals surface area contributed by atoms with Gasteiger partial charge in [-0.3, -0.25) is 4.79 Å². The number of para-hydroxylation sites is 1. The monoisotopic (exact) mass is 354 g/mol. The van der Waals surface area contributed by atoms with E-state index in [4.69, 9.17) is 5.73 Å². The number of rotatable bonds is 4. The molecule has 0 atom stereocenters. The number of allylic oxidation sites excluding steroid dienone is 2. The van der Waals surface area contributed by atoms with E-state index in [9.17, 15) is 4.79 Å². The number of hydrogen-bond donors (Lipinski definition) is 1. The number of likely N-dealkylation sites (N-methyl/N-ethyl adjacent to an activating group) is 1. The Morgan fingerprint density at radius 1 is 1.32 bits per heavy atom. The molecule has 0 radical (unpaired) electrons. The first-order valence-corrected chi connectivity index (χ1v) is 9.10. The number of fused-ring (bicyclic) bond motifs is 1. The van der Waals surface area contributed by atoms with Crippen LogP contribution in [0.4, 0.5) is 11.5 Å². The van der Waals surface area contributed by atoms with Gasteiger partial charge in [0.05, 0.1) is 5.75 Å². The lowest BCUT2D eigenvalue weighted by atomic mass is 9.83. The van der Waals surface area contributed by atoms with Crippen molar-refractivity contribution >= 4 is 29.1 Å². The SMILES string of the molecule is Cc1cc(N)nc(SCC(=O)/C=C2/N(C)c3ccccc3C2(C)C)n1. The van der Waals surface area contributed by atoms with E-state index in [1.54, 1.807) is 12.1 Å². The van der Waals surface area contributed by atoms with Crippen molar-refractivity contribution in [2.24, 2.45) is 0 Å². The van der Waals surface area contributed by atoms with Gasteiger partial charge in [-0.2, -0.15) is 0 Å². The minimum atomic E-state index is -0.198. The van der Waals surface area contributed by atoms with Gasteiger partial charge in [-0.05, 0) is 18.6 Å². The van der Waals surface area contributed by atoms with Crippen molar-refractivity contribution in [3.63, 3.8) is 0 Å². The molecule has 5 nitrogen and oxygen atoms in total. The highest BCUT2D eigenvalue weighted by Crippen LogP contribution is 2.46. The van der Waals surface area contributed by atoms with Crippen molar-refractivity contribution in [2.75, 3.05) is 23.4 Å². The maximum absolute atomic E-state index is 12.5. The van der Waals surface area contributed by atoms with Gasteiger partial charge in [0, 0.05) is 41.7 Å². The number of carbonyl (C=O) groups excluding carboxylic acids is 1. The summed E-state index contributed by atoms with van der Waals surface area (Å²) >= 11 is 1.31. The molecule has 0 unspecified atom stereocenters. The second kappa shape index (κ2) is 6.52.